The fourth-order valence-electron chi connectivity index (χ4n) is 1.91. The highest BCUT2D eigenvalue weighted by Crippen LogP contribution is 2.23. The molecule has 1 aliphatic rings. The number of aromatic nitrogens is 2. The van der Waals surface area contributed by atoms with Gasteiger partial charge in [-0.2, -0.15) is 5.10 Å². The number of rotatable bonds is 4. The summed E-state index contributed by atoms with van der Waals surface area (Å²) in [6, 6.07) is 0. The Bertz CT molecular complexity index is 443. The second kappa shape index (κ2) is 4.54. The largest absolute Gasteiger partial charge is 0.480 e. The Labute approximate surface area is 97.8 Å². The van der Waals surface area contributed by atoms with Crippen molar-refractivity contribution in [1.82, 2.24) is 9.78 Å². The van der Waals surface area contributed by atoms with Gasteiger partial charge in [-0.05, 0) is 12.5 Å². The van der Waals surface area contributed by atoms with Crippen LogP contribution >= 0.6 is 0 Å². The Hall–Kier alpha value is -1.89. The van der Waals surface area contributed by atoms with Gasteiger partial charge in [-0.3, -0.25) is 14.3 Å². The van der Waals surface area contributed by atoms with Crippen molar-refractivity contribution in [3.8, 4) is 0 Å². The summed E-state index contributed by atoms with van der Waals surface area (Å²) in [5, 5.41) is 12.5. The Morgan fingerprint density at radius 3 is 3.00 bits per heavy atom. The van der Waals surface area contributed by atoms with Gasteiger partial charge in [-0.1, -0.05) is 0 Å². The summed E-state index contributed by atoms with van der Waals surface area (Å²) in [7, 11) is 0. The fourth-order valence-corrected chi connectivity index (χ4v) is 1.91. The average molecular weight is 238 g/mol. The van der Waals surface area contributed by atoms with E-state index >= 15 is 0 Å². The summed E-state index contributed by atoms with van der Waals surface area (Å²) in [5.74, 6) is -0.784. The van der Waals surface area contributed by atoms with Crippen LogP contribution in [0.5, 0.6) is 0 Å². The van der Waals surface area contributed by atoms with E-state index in [1.165, 1.54) is 10.9 Å². The van der Waals surface area contributed by atoms with Gasteiger partial charge in [0.1, 0.15) is 6.54 Å². The van der Waals surface area contributed by atoms with Crippen LogP contribution in [0.1, 0.15) is 6.42 Å². The van der Waals surface area contributed by atoms with Crippen molar-refractivity contribution in [2.75, 3.05) is 18.0 Å². The molecule has 1 atom stereocenters. The number of nitrogens with zero attached hydrogens (tertiary/aromatic N) is 3. The number of nitrogens with two attached hydrogens (primary N) is 1. The second-order valence-corrected chi connectivity index (χ2v) is 4.10. The molecule has 0 aliphatic carbocycles. The van der Waals surface area contributed by atoms with E-state index < -0.39 is 5.97 Å². The maximum Gasteiger partial charge on any atom is 0.325 e. The molecule has 1 aromatic heterocycles. The van der Waals surface area contributed by atoms with E-state index in [0.29, 0.717) is 25.2 Å². The summed E-state index contributed by atoms with van der Waals surface area (Å²) in [6.45, 7) is 0.849. The first-order valence-corrected chi connectivity index (χ1v) is 5.35. The van der Waals surface area contributed by atoms with Crippen LogP contribution in [-0.4, -0.2) is 39.9 Å². The van der Waals surface area contributed by atoms with Crippen molar-refractivity contribution < 1.29 is 14.7 Å². The van der Waals surface area contributed by atoms with Crippen molar-refractivity contribution in [2.24, 2.45) is 11.7 Å². The van der Waals surface area contributed by atoms with Crippen molar-refractivity contribution in [3.05, 3.63) is 12.4 Å². The molecular formula is C10H14N4O3. The van der Waals surface area contributed by atoms with Gasteiger partial charge < -0.3 is 15.7 Å². The van der Waals surface area contributed by atoms with Gasteiger partial charge in [-0.25, -0.2) is 0 Å². The molecule has 2 heterocycles. The van der Waals surface area contributed by atoms with E-state index in [2.05, 4.69) is 5.10 Å². The lowest BCUT2D eigenvalue weighted by Crippen LogP contribution is -2.25. The first kappa shape index (κ1) is 11.6. The van der Waals surface area contributed by atoms with Gasteiger partial charge in [0.25, 0.3) is 0 Å². The third-order valence-corrected chi connectivity index (χ3v) is 2.77. The lowest BCUT2D eigenvalue weighted by atomic mass is 10.1. The summed E-state index contributed by atoms with van der Waals surface area (Å²) < 4.78 is 1.29. The van der Waals surface area contributed by atoms with E-state index in [4.69, 9.17) is 10.8 Å². The summed E-state index contributed by atoms with van der Waals surface area (Å²) in [6.07, 6.45) is 3.51. The molecule has 0 bridgehead atoms. The number of amides is 1. The number of aliphatic carboxylic acids is 1. The number of carbonyl (C=O) groups is 2. The minimum Gasteiger partial charge on any atom is -0.480 e. The molecule has 0 radical (unpaired) electrons. The Morgan fingerprint density at radius 1 is 1.65 bits per heavy atom. The van der Waals surface area contributed by atoms with Gasteiger partial charge in [-0.15, -0.1) is 0 Å². The molecule has 17 heavy (non-hydrogen) atoms. The Morgan fingerprint density at radius 2 is 2.41 bits per heavy atom. The highest BCUT2D eigenvalue weighted by Gasteiger charge is 2.30. The van der Waals surface area contributed by atoms with Crippen molar-refractivity contribution in [1.29, 1.82) is 0 Å². The zero-order valence-corrected chi connectivity index (χ0v) is 9.24. The molecule has 1 aliphatic heterocycles. The SMILES string of the molecule is NCC1CC(=O)N(c2cnn(CC(=O)O)c2)C1. The molecule has 92 valence electrons. The van der Waals surface area contributed by atoms with E-state index in [-0.39, 0.29) is 18.4 Å². The predicted molar refractivity (Wildman–Crippen MR) is 59.4 cm³/mol. The molecule has 2 rings (SSSR count). The van der Waals surface area contributed by atoms with E-state index in [9.17, 15) is 9.59 Å². The predicted octanol–water partition coefficient (Wildman–Crippen LogP) is -0.721. The van der Waals surface area contributed by atoms with Crippen LogP contribution in [0, 0.1) is 5.92 Å². The number of carboxylic acid groups (broad SMARTS) is 1. The number of hydrogen-bond donors (Lipinski definition) is 2. The van der Waals surface area contributed by atoms with Crippen LogP contribution in [0.3, 0.4) is 0 Å². The first-order chi connectivity index (χ1) is 8.10. The second-order valence-electron chi connectivity index (χ2n) is 4.10. The minimum absolute atomic E-state index is 0.00956. The van der Waals surface area contributed by atoms with Crippen LogP contribution < -0.4 is 10.6 Å². The minimum atomic E-state index is -0.966. The smallest absolute Gasteiger partial charge is 0.325 e. The fraction of sp³-hybridized carbons (Fsp3) is 0.500. The molecule has 0 saturated carbocycles. The van der Waals surface area contributed by atoms with Gasteiger partial charge in [0, 0.05) is 19.2 Å². The molecule has 3 N–H and O–H groups in total. The van der Waals surface area contributed by atoms with Crippen LogP contribution in [0.15, 0.2) is 12.4 Å². The standard InChI is InChI=1S/C10H14N4O3/c11-2-7-1-9(15)14(4-7)8-3-12-13(5-8)6-10(16)17/h3,5,7H,1-2,4,6,11H2,(H,16,17). The number of anilines is 1. The molecule has 1 amide bonds. The van der Waals surface area contributed by atoms with Gasteiger partial charge in [0.15, 0.2) is 0 Å². The van der Waals surface area contributed by atoms with Crippen molar-refractivity contribution >= 4 is 17.6 Å². The van der Waals surface area contributed by atoms with E-state index in [1.807, 2.05) is 0 Å². The molecule has 1 saturated heterocycles. The zero-order chi connectivity index (χ0) is 12.4. The molecule has 1 aromatic rings. The third kappa shape index (κ3) is 2.44. The van der Waals surface area contributed by atoms with E-state index in [1.54, 1.807) is 11.1 Å². The Balaban J connectivity index is 2.10. The number of carbonyl (C=O) groups excluding carboxylic acids is 1. The van der Waals surface area contributed by atoms with Gasteiger partial charge >= 0.3 is 5.97 Å². The van der Waals surface area contributed by atoms with Crippen LogP contribution in [0.25, 0.3) is 0 Å². The third-order valence-electron chi connectivity index (χ3n) is 2.77. The molecular weight excluding hydrogens is 224 g/mol. The Kier molecular flexibility index (Phi) is 3.10. The summed E-state index contributed by atoms with van der Waals surface area (Å²) >= 11 is 0. The highest BCUT2D eigenvalue weighted by molar-refractivity contribution is 5.95. The summed E-state index contributed by atoms with van der Waals surface area (Å²) in [4.78, 5) is 23.8. The zero-order valence-electron chi connectivity index (χ0n) is 9.24. The van der Waals surface area contributed by atoms with E-state index in [0.717, 1.165) is 0 Å². The molecule has 0 spiro atoms. The highest BCUT2D eigenvalue weighted by atomic mass is 16.4. The van der Waals surface area contributed by atoms with Crippen LogP contribution in [0.2, 0.25) is 0 Å². The number of carboxylic acids is 1. The molecule has 7 heteroatoms. The van der Waals surface area contributed by atoms with Crippen molar-refractivity contribution in [2.45, 2.75) is 13.0 Å². The summed E-state index contributed by atoms with van der Waals surface area (Å²) in [5.41, 5.74) is 6.16. The normalized spacial score (nSPS) is 19.9. The average Bonchev–Trinajstić information content (AvgIpc) is 2.83. The molecule has 1 fully saturated rings. The molecule has 7 nitrogen and oxygen atoms in total. The monoisotopic (exact) mass is 238 g/mol. The van der Waals surface area contributed by atoms with Gasteiger partial charge in [0.2, 0.25) is 5.91 Å². The molecule has 1 unspecified atom stereocenters. The molecule has 0 aromatic carbocycles. The van der Waals surface area contributed by atoms with Crippen molar-refractivity contribution in [3.63, 3.8) is 0 Å². The first-order valence-electron chi connectivity index (χ1n) is 5.35. The maximum absolute atomic E-state index is 11.7. The lowest BCUT2D eigenvalue weighted by Gasteiger charge is -2.13. The van der Waals surface area contributed by atoms with Crippen LogP contribution in [-0.2, 0) is 16.1 Å². The lowest BCUT2D eigenvalue weighted by molar-refractivity contribution is -0.137. The quantitative estimate of drug-likeness (QED) is 0.720. The van der Waals surface area contributed by atoms with Crippen LogP contribution in [0.4, 0.5) is 5.69 Å². The topological polar surface area (TPSA) is 101 Å². The maximum atomic E-state index is 11.7. The van der Waals surface area contributed by atoms with Gasteiger partial charge in [0.05, 0.1) is 11.9 Å². The number of hydrogen-bond acceptors (Lipinski definition) is 4.